The van der Waals surface area contributed by atoms with E-state index in [4.69, 9.17) is 9.47 Å². The van der Waals surface area contributed by atoms with Gasteiger partial charge in [-0.15, -0.1) is 0 Å². The minimum atomic E-state index is -1.57. The van der Waals surface area contributed by atoms with Crippen molar-refractivity contribution in [3.05, 3.63) is 102 Å². The van der Waals surface area contributed by atoms with Crippen LogP contribution in [0.25, 0.3) is 11.1 Å². The van der Waals surface area contributed by atoms with Crippen LogP contribution in [0.15, 0.2) is 90.4 Å². The molecular weight excluding hydrogens is 356 g/mol. The molecule has 1 heterocycles. The van der Waals surface area contributed by atoms with E-state index in [0.717, 1.165) is 16.9 Å². The lowest BCUT2D eigenvalue weighted by atomic mass is 9.84. The molecule has 1 aliphatic heterocycles. The van der Waals surface area contributed by atoms with Crippen LogP contribution in [0, 0.1) is 0 Å². The lowest BCUT2D eigenvalue weighted by molar-refractivity contribution is -0.147. The van der Waals surface area contributed by atoms with Gasteiger partial charge in [-0.05, 0) is 23.3 Å². The van der Waals surface area contributed by atoms with Crippen LogP contribution < -0.4 is 4.74 Å². The van der Waals surface area contributed by atoms with Gasteiger partial charge in [-0.2, -0.15) is 0 Å². The van der Waals surface area contributed by atoms with Crippen molar-refractivity contribution in [3.8, 4) is 16.9 Å². The SMILES string of the molecule is COc1ccc(-c2ccc(C3(c4ccccc4)OC(=O)C(O)=C3O)cc2)cc1. The van der Waals surface area contributed by atoms with Crippen LogP contribution in [0.1, 0.15) is 11.1 Å². The summed E-state index contributed by atoms with van der Waals surface area (Å²) in [6.45, 7) is 0. The first-order valence-electron chi connectivity index (χ1n) is 8.73. The number of carbonyl (C=O) groups is 1. The monoisotopic (exact) mass is 374 g/mol. The molecule has 5 heteroatoms. The summed E-state index contributed by atoms with van der Waals surface area (Å²) in [7, 11) is 1.62. The number of esters is 1. The van der Waals surface area contributed by atoms with Gasteiger partial charge in [-0.25, -0.2) is 4.79 Å². The molecule has 0 spiro atoms. The lowest BCUT2D eigenvalue weighted by Gasteiger charge is -2.29. The van der Waals surface area contributed by atoms with Gasteiger partial charge in [0.2, 0.25) is 11.4 Å². The van der Waals surface area contributed by atoms with E-state index in [2.05, 4.69) is 0 Å². The lowest BCUT2D eigenvalue weighted by Crippen LogP contribution is -2.30. The van der Waals surface area contributed by atoms with Gasteiger partial charge >= 0.3 is 5.97 Å². The Hall–Kier alpha value is -3.73. The summed E-state index contributed by atoms with van der Waals surface area (Å²) in [4.78, 5) is 12.0. The zero-order valence-corrected chi connectivity index (χ0v) is 15.1. The van der Waals surface area contributed by atoms with E-state index in [1.807, 2.05) is 42.5 Å². The summed E-state index contributed by atoms with van der Waals surface area (Å²) >= 11 is 0. The second kappa shape index (κ2) is 6.78. The maximum absolute atomic E-state index is 12.0. The Morgan fingerprint density at radius 2 is 1.32 bits per heavy atom. The Kier molecular flexibility index (Phi) is 4.28. The Bertz CT molecular complexity index is 1040. The van der Waals surface area contributed by atoms with Crippen LogP contribution >= 0.6 is 0 Å². The molecule has 0 amide bonds. The zero-order chi connectivity index (χ0) is 19.7. The second-order valence-corrected chi connectivity index (χ2v) is 6.44. The molecule has 1 atom stereocenters. The molecule has 0 aliphatic carbocycles. The molecule has 0 saturated carbocycles. The number of benzene rings is 3. The highest BCUT2D eigenvalue weighted by Crippen LogP contribution is 2.45. The van der Waals surface area contributed by atoms with E-state index in [0.29, 0.717) is 11.1 Å². The summed E-state index contributed by atoms with van der Waals surface area (Å²) in [5.74, 6) is -1.48. The van der Waals surface area contributed by atoms with Gasteiger partial charge in [0.25, 0.3) is 0 Å². The van der Waals surface area contributed by atoms with Crippen molar-refractivity contribution >= 4 is 5.97 Å². The Morgan fingerprint density at radius 1 is 0.786 bits per heavy atom. The van der Waals surface area contributed by atoms with E-state index in [1.165, 1.54) is 0 Å². The average molecular weight is 374 g/mol. The summed E-state index contributed by atoms with van der Waals surface area (Å²) in [5.41, 5.74) is 1.45. The second-order valence-electron chi connectivity index (χ2n) is 6.44. The normalized spacial score (nSPS) is 18.8. The third kappa shape index (κ3) is 2.68. The fraction of sp³-hybridized carbons (Fsp3) is 0.0870. The largest absolute Gasteiger partial charge is 0.504 e. The van der Waals surface area contributed by atoms with E-state index >= 15 is 0 Å². The van der Waals surface area contributed by atoms with Crippen LogP contribution in [0.4, 0.5) is 0 Å². The first-order valence-corrected chi connectivity index (χ1v) is 8.73. The average Bonchev–Trinajstić information content (AvgIpc) is 2.99. The molecule has 3 aromatic carbocycles. The first-order chi connectivity index (χ1) is 13.6. The molecule has 28 heavy (non-hydrogen) atoms. The van der Waals surface area contributed by atoms with Gasteiger partial charge in [0, 0.05) is 11.1 Å². The number of cyclic esters (lactones) is 1. The quantitative estimate of drug-likeness (QED) is 0.658. The smallest absolute Gasteiger partial charge is 0.378 e. The van der Waals surface area contributed by atoms with Crippen molar-refractivity contribution in [1.29, 1.82) is 0 Å². The molecule has 0 bridgehead atoms. The van der Waals surface area contributed by atoms with Crippen LogP contribution in [-0.4, -0.2) is 23.3 Å². The van der Waals surface area contributed by atoms with E-state index in [9.17, 15) is 15.0 Å². The van der Waals surface area contributed by atoms with Crippen molar-refractivity contribution in [2.75, 3.05) is 7.11 Å². The summed E-state index contributed by atoms with van der Waals surface area (Å²) in [6.07, 6.45) is 0. The molecule has 5 nitrogen and oxygen atoms in total. The van der Waals surface area contributed by atoms with Crippen molar-refractivity contribution in [2.45, 2.75) is 5.60 Å². The highest BCUT2D eigenvalue weighted by molar-refractivity contribution is 5.91. The Labute approximate surface area is 162 Å². The van der Waals surface area contributed by atoms with Crippen molar-refractivity contribution in [3.63, 3.8) is 0 Å². The molecular formula is C23H18O5. The van der Waals surface area contributed by atoms with E-state index in [-0.39, 0.29) is 0 Å². The zero-order valence-electron chi connectivity index (χ0n) is 15.1. The summed E-state index contributed by atoms with van der Waals surface area (Å²) in [6, 6.07) is 23.8. The molecule has 0 radical (unpaired) electrons. The highest BCUT2D eigenvalue weighted by atomic mass is 16.6. The van der Waals surface area contributed by atoms with Crippen LogP contribution in [0.2, 0.25) is 0 Å². The molecule has 0 aromatic heterocycles. The van der Waals surface area contributed by atoms with Crippen LogP contribution in [-0.2, 0) is 15.1 Å². The van der Waals surface area contributed by atoms with Gasteiger partial charge in [-0.1, -0.05) is 66.7 Å². The number of hydrogen-bond acceptors (Lipinski definition) is 5. The van der Waals surface area contributed by atoms with Gasteiger partial charge in [0.1, 0.15) is 5.75 Å². The number of hydrogen-bond donors (Lipinski definition) is 2. The third-order valence-electron chi connectivity index (χ3n) is 4.89. The molecule has 0 fully saturated rings. The molecule has 4 rings (SSSR count). The third-order valence-corrected chi connectivity index (χ3v) is 4.89. The van der Waals surface area contributed by atoms with Crippen molar-refractivity contribution in [2.24, 2.45) is 0 Å². The molecule has 140 valence electrons. The number of methoxy groups -OCH3 is 1. The topological polar surface area (TPSA) is 76.0 Å². The Morgan fingerprint density at radius 3 is 1.82 bits per heavy atom. The van der Waals surface area contributed by atoms with E-state index < -0.39 is 23.1 Å². The predicted octanol–water partition coefficient (Wildman–Crippen LogP) is 4.49. The number of rotatable bonds is 4. The van der Waals surface area contributed by atoms with Crippen molar-refractivity contribution < 1.29 is 24.5 Å². The minimum absolute atomic E-state index is 0.513. The number of aliphatic hydroxyl groups is 2. The van der Waals surface area contributed by atoms with Gasteiger partial charge in [-0.3, -0.25) is 0 Å². The van der Waals surface area contributed by atoms with Crippen LogP contribution in [0.5, 0.6) is 5.75 Å². The highest BCUT2D eigenvalue weighted by Gasteiger charge is 2.51. The van der Waals surface area contributed by atoms with Crippen LogP contribution in [0.3, 0.4) is 0 Å². The molecule has 0 saturated heterocycles. The standard InChI is InChI=1S/C23H18O5/c1-27-19-13-9-16(10-14-19)15-7-11-18(12-8-15)23(17-5-3-2-4-6-17)21(25)20(24)22(26)28-23/h2-14,24-25H,1H3. The maximum Gasteiger partial charge on any atom is 0.378 e. The Balaban J connectivity index is 1.79. The molecule has 3 aromatic rings. The summed E-state index contributed by atoms with van der Waals surface area (Å²) in [5, 5.41) is 20.5. The number of aliphatic hydroxyl groups excluding tert-OH is 2. The fourth-order valence-corrected chi connectivity index (χ4v) is 3.41. The van der Waals surface area contributed by atoms with Gasteiger partial charge < -0.3 is 19.7 Å². The molecule has 1 aliphatic rings. The number of carbonyl (C=O) groups excluding carboxylic acids is 1. The van der Waals surface area contributed by atoms with E-state index in [1.54, 1.807) is 43.5 Å². The van der Waals surface area contributed by atoms with Crippen molar-refractivity contribution in [1.82, 2.24) is 0 Å². The fourth-order valence-electron chi connectivity index (χ4n) is 3.41. The van der Waals surface area contributed by atoms with Gasteiger partial charge in [0.05, 0.1) is 7.11 Å². The number of ether oxygens (including phenoxy) is 2. The maximum atomic E-state index is 12.0. The minimum Gasteiger partial charge on any atom is -0.504 e. The summed E-state index contributed by atoms with van der Waals surface area (Å²) < 4.78 is 10.7. The van der Waals surface area contributed by atoms with Gasteiger partial charge in [0.15, 0.2) is 5.76 Å². The first kappa shape index (κ1) is 17.7. The molecule has 1 unspecified atom stereocenters. The predicted molar refractivity (Wildman–Crippen MR) is 104 cm³/mol. The molecule has 2 N–H and O–H groups in total.